The monoisotopic (exact) mass is 261 g/mol. The quantitative estimate of drug-likeness (QED) is 0.876. The van der Waals surface area contributed by atoms with Crippen LogP contribution in [0, 0.1) is 0 Å². The van der Waals surface area contributed by atoms with Crippen LogP contribution in [0.15, 0.2) is 28.5 Å². The maximum absolute atomic E-state index is 11.6. The number of aromatic nitrogens is 2. The number of carbonyl (C=O) groups excluding carboxylic acids is 1. The molecule has 92 valence electrons. The molecule has 2 heterocycles. The fourth-order valence-corrected chi connectivity index (χ4v) is 1.95. The number of nitrogens with one attached hydrogen (secondary N) is 2. The Labute approximate surface area is 107 Å². The van der Waals surface area contributed by atoms with E-state index in [9.17, 15) is 9.59 Å². The van der Waals surface area contributed by atoms with Crippen molar-refractivity contribution < 1.29 is 4.79 Å². The van der Waals surface area contributed by atoms with Crippen LogP contribution < -0.4 is 10.9 Å². The highest BCUT2D eigenvalue weighted by Gasteiger charge is 2.08. The number of aromatic amines is 1. The van der Waals surface area contributed by atoms with Crippen molar-refractivity contribution in [1.29, 1.82) is 0 Å². The van der Waals surface area contributed by atoms with Crippen molar-refractivity contribution >= 4 is 29.4 Å². The first-order chi connectivity index (χ1) is 8.70. The zero-order valence-electron chi connectivity index (χ0n) is 9.64. The van der Waals surface area contributed by atoms with Crippen molar-refractivity contribution in [3.63, 3.8) is 0 Å². The molecule has 0 bridgehead atoms. The molecule has 6 heteroatoms. The predicted octanol–water partition coefficient (Wildman–Crippen LogP) is 1.36. The van der Waals surface area contributed by atoms with Gasteiger partial charge in [-0.25, -0.2) is 4.98 Å². The van der Waals surface area contributed by atoms with Gasteiger partial charge in [0.15, 0.2) is 0 Å². The van der Waals surface area contributed by atoms with Crippen LogP contribution in [-0.2, 0) is 0 Å². The van der Waals surface area contributed by atoms with Crippen molar-refractivity contribution in [2.45, 2.75) is 0 Å². The molecular formula is C12H11N3O2S. The smallest absolute Gasteiger partial charge is 0.263 e. The van der Waals surface area contributed by atoms with E-state index < -0.39 is 11.5 Å². The van der Waals surface area contributed by atoms with Crippen molar-refractivity contribution in [2.24, 2.45) is 0 Å². The lowest BCUT2D eigenvalue weighted by molar-refractivity contribution is 0.0961. The molecule has 2 rings (SSSR count). The largest absolute Gasteiger partial charge is 0.355 e. The van der Waals surface area contributed by atoms with Crippen LogP contribution in [-0.4, -0.2) is 22.9 Å². The van der Waals surface area contributed by atoms with E-state index in [-0.39, 0.29) is 5.56 Å². The molecule has 0 fully saturated rings. The Bertz CT molecular complexity index is 629. The number of nitrogens with zero attached hydrogens (tertiary/aromatic N) is 1. The predicted molar refractivity (Wildman–Crippen MR) is 71.5 cm³/mol. The Hall–Kier alpha value is -2.21. The molecule has 0 radical (unpaired) electrons. The second-order valence-electron chi connectivity index (χ2n) is 3.44. The lowest BCUT2D eigenvalue weighted by Crippen LogP contribution is -2.27. The molecule has 0 atom stereocenters. The van der Waals surface area contributed by atoms with Gasteiger partial charge in [-0.2, -0.15) is 0 Å². The van der Waals surface area contributed by atoms with Crippen molar-refractivity contribution in [1.82, 2.24) is 15.3 Å². The van der Waals surface area contributed by atoms with Gasteiger partial charge in [-0.1, -0.05) is 6.07 Å². The maximum Gasteiger partial charge on any atom is 0.263 e. The lowest BCUT2D eigenvalue weighted by Gasteiger charge is -1.98. The minimum Gasteiger partial charge on any atom is -0.355 e. The van der Waals surface area contributed by atoms with Crippen molar-refractivity contribution in [3.8, 4) is 0 Å². The normalized spacial score (nSPS) is 10.7. The molecule has 5 nitrogen and oxygen atoms in total. The first kappa shape index (κ1) is 12.3. The van der Waals surface area contributed by atoms with Gasteiger partial charge in [0, 0.05) is 18.1 Å². The SMILES string of the molecule is CNC(=O)c1cnc(C=Cc2cccs2)[nH]c1=O. The Morgan fingerprint density at radius 2 is 2.33 bits per heavy atom. The first-order valence-corrected chi connectivity index (χ1v) is 6.11. The molecule has 0 aliphatic rings. The number of H-pyrrole nitrogens is 1. The Balaban J connectivity index is 2.24. The second-order valence-corrected chi connectivity index (χ2v) is 4.42. The number of thiophene rings is 1. The minimum atomic E-state index is -0.449. The van der Waals surface area contributed by atoms with Crippen LogP contribution in [0.3, 0.4) is 0 Å². The van der Waals surface area contributed by atoms with Gasteiger partial charge in [0.25, 0.3) is 11.5 Å². The summed E-state index contributed by atoms with van der Waals surface area (Å²) in [6, 6.07) is 3.90. The van der Waals surface area contributed by atoms with E-state index in [4.69, 9.17) is 0 Å². The standard InChI is InChI=1S/C12H11N3O2S/c1-13-11(16)9-7-14-10(15-12(9)17)5-4-8-3-2-6-18-8/h2-7H,1H3,(H,13,16)(H,14,15,17). The summed E-state index contributed by atoms with van der Waals surface area (Å²) < 4.78 is 0. The zero-order valence-corrected chi connectivity index (χ0v) is 10.5. The van der Waals surface area contributed by atoms with E-state index in [0.717, 1.165) is 4.88 Å². The van der Waals surface area contributed by atoms with Gasteiger partial charge in [-0.05, 0) is 23.6 Å². The number of amides is 1. The molecule has 0 saturated carbocycles. The van der Waals surface area contributed by atoms with Gasteiger partial charge in [-0.3, -0.25) is 9.59 Å². The van der Waals surface area contributed by atoms with Gasteiger partial charge < -0.3 is 10.3 Å². The Kier molecular flexibility index (Phi) is 3.69. The Morgan fingerprint density at radius 1 is 1.50 bits per heavy atom. The molecule has 0 aliphatic carbocycles. The second kappa shape index (κ2) is 5.42. The molecule has 0 spiro atoms. The fraction of sp³-hybridized carbons (Fsp3) is 0.0833. The van der Waals surface area contributed by atoms with Gasteiger partial charge in [0.05, 0.1) is 0 Å². The Morgan fingerprint density at radius 3 is 2.94 bits per heavy atom. The molecule has 2 aromatic heterocycles. The van der Waals surface area contributed by atoms with Crippen LogP contribution in [0.2, 0.25) is 0 Å². The van der Waals surface area contributed by atoms with Crippen LogP contribution in [0.4, 0.5) is 0 Å². The third-order valence-corrected chi connectivity index (χ3v) is 3.08. The molecule has 0 unspecified atom stereocenters. The van der Waals surface area contributed by atoms with Crippen molar-refractivity contribution in [3.05, 3.63) is 50.3 Å². The van der Waals surface area contributed by atoms with Gasteiger partial charge in [0.1, 0.15) is 11.4 Å². The summed E-state index contributed by atoms with van der Waals surface area (Å²) >= 11 is 1.59. The summed E-state index contributed by atoms with van der Waals surface area (Å²) in [6.07, 6.45) is 4.81. The summed E-state index contributed by atoms with van der Waals surface area (Å²) in [5, 5.41) is 4.34. The van der Waals surface area contributed by atoms with Crippen LogP contribution >= 0.6 is 11.3 Å². The van der Waals surface area contributed by atoms with Crippen LogP contribution in [0.1, 0.15) is 21.1 Å². The van der Waals surface area contributed by atoms with E-state index in [1.165, 1.54) is 13.2 Å². The van der Waals surface area contributed by atoms with E-state index in [2.05, 4.69) is 15.3 Å². The number of hydrogen-bond donors (Lipinski definition) is 2. The number of hydrogen-bond acceptors (Lipinski definition) is 4. The van der Waals surface area contributed by atoms with Crippen LogP contribution in [0.25, 0.3) is 12.2 Å². The third-order valence-electron chi connectivity index (χ3n) is 2.24. The summed E-state index contributed by atoms with van der Waals surface area (Å²) in [5.74, 6) is -0.0291. The summed E-state index contributed by atoms with van der Waals surface area (Å²) in [5.41, 5.74) is -0.444. The van der Waals surface area contributed by atoms with Crippen LogP contribution in [0.5, 0.6) is 0 Å². The molecule has 0 aliphatic heterocycles. The van der Waals surface area contributed by atoms with E-state index in [1.807, 2.05) is 23.6 Å². The molecule has 0 saturated heterocycles. The topological polar surface area (TPSA) is 74.8 Å². The highest BCUT2D eigenvalue weighted by Crippen LogP contribution is 2.11. The minimum absolute atomic E-state index is 0.00535. The summed E-state index contributed by atoms with van der Waals surface area (Å²) in [6.45, 7) is 0. The molecule has 2 N–H and O–H groups in total. The highest BCUT2D eigenvalue weighted by molar-refractivity contribution is 7.10. The lowest BCUT2D eigenvalue weighted by atomic mass is 10.3. The first-order valence-electron chi connectivity index (χ1n) is 5.23. The number of rotatable bonds is 3. The molecule has 0 aromatic carbocycles. The third kappa shape index (κ3) is 2.72. The van der Waals surface area contributed by atoms with Crippen molar-refractivity contribution in [2.75, 3.05) is 7.05 Å². The average Bonchev–Trinajstić information content (AvgIpc) is 2.88. The molecule has 2 aromatic rings. The van der Waals surface area contributed by atoms with E-state index in [0.29, 0.717) is 5.82 Å². The van der Waals surface area contributed by atoms with Gasteiger partial charge in [0.2, 0.25) is 0 Å². The zero-order chi connectivity index (χ0) is 13.0. The molecule has 1 amide bonds. The number of carbonyl (C=O) groups is 1. The molecular weight excluding hydrogens is 250 g/mol. The fourth-order valence-electron chi connectivity index (χ4n) is 1.34. The van der Waals surface area contributed by atoms with E-state index in [1.54, 1.807) is 17.4 Å². The van der Waals surface area contributed by atoms with E-state index >= 15 is 0 Å². The highest BCUT2D eigenvalue weighted by atomic mass is 32.1. The maximum atomic E-state index is 11.6. The summed E-state index contributed by atoms with van der Waals surface area (Å²) in [4.78, 5) is 30.5. The molecule has 18 heavy (non-hydrogen) atoms. The van der Waals surface area contributed by atoms with Gasteiger partial charge in [-0.15, -0.1) is 11.3 Å². The van der Waals surface area contributed by atoms with Gasteiger partial charge >= 0.3 is 0 Å². The summed E-state index contributed by atoms with van der Waals surface area (Å²) in [7, 11) is 1.46. The average molecular weight is 261 g/mol.